The van der Waals surface area contributed by atoms with E-state index in [9.17, 15) is 0 Å². The molecule has 1 aromatic carbocycles. The predicted octanol–water partition coefficient (Wildman–Crippen LogP) is 5.53. The van der Waals surface area contributed by atoms with Crippen LogP contribution in [0.15, 0.2) is 24.3 Å². The number of allylic oxidation sites excluding steroid dienone is 1. The maximum atomic E-state index is 5.72. The fourth-order valence-corrected chi connectivity index (χ4v) is 1.88. The van der Waals surface area contributed by atoms with Crippen LogP contribution in [0.1, 0.15) is 58.2 Å². The van der Waals surface area contributed by atoms with E-state index in [0.717, 1.165) is 0 Å². The van der Waals surface area contributed by atoms with Crippen LogP contribution in [0.2, 0.25) is 0 Å². The third-order valence-corrected chi connectivity index (χ3v) is 3.26. The number of alkyl halides is 1. The molecule has 0 radical (unpaired) electrons. The molecule has 0 saturated heterocycles. The SMILES string of the molecule is CC(C)(C)c1cc(C=CCCl)cc(C(C)(C)C)c1. The Morgan fingerprint density at radius 1 is 0.889 bits per heavy atom. The number of halogens is 1. The molecule has 0 aliphatic carbocycles. The van der Waals surface area contributed by atoms with Gasteiger partial charge in [-0.05, 0) is 27.5 Å². The molecule has 0 heterocycles. The van der Waals surface area contributed by atoms with Crippen molar-refractivity contribution in [2.75, 3.05) is 5.88 Å². The highest BCUT2D eigenvalue weighted by molar-refractivity contribution is 6.19. The van der Waals surface area contributed by atoms with Crippen LogP contribution in [0.4, 0.5) is 0 Å². The zero-order valence-corrected chi connectivity index (χ0v) is 13.2. The average molecular weight is 265 g/mol. The van der Waals surface area contributed by atoms with Gasteiger partial charge in [0.05, 0.1) is 0 Å². The molecule has 0 spiro atoms. The molecule has 0 nitrogen and oxygen atoms in total. The first kappa shape index (κ1) is 15.3. The van der Waals surface area contributed by atoms with Crippen LogP contribution in [0.3, 0.4) is 0 Å². The van der Waals surface area contributed by atoms with Gasteiger partial charge in [0.1, 0.15) is 0 Å². The Labute approximate surface area is 117 Å². The molecule has 0 aliphatic rings. The Morgan fingerprint density at radius 3 is 1.67 bits per heavy atom. The number of hydrogen-bond donors (Lipinski definition) is 0. The first-order valence-corrected chi connectivity index (χ1v) is 7.06. The van der Waals surface area contributed by atoms with Crippen LogP contribution in [0.5, 0.6) is 0 Å². The van der Waals surface area contributed by atoms with Gasteiger partial charge in [0.2, 0.25) is 0 Å². The lowest BCUT2D eigenvalue weighted by Crippen LogP contribution is -2.16. The molecule has 0 aromatic heterocycles. The van der Waals surface area contributed by atoms with Crippen molar-refractivity contribution in [3.8, 4) is 0 Å². The lowest BCUT2D eigenvalue weighted by atomic mass is 9.79. The second kappa shape index (κ2) is 5.48. The molecular formula is C17H25Cl. The molecule has 0 unspecified atom stereocenters. The summed E-state index contributed by atoms with van der Waals surface area (Å²) in [5.41, 5.74) is 4.34. The Hall–Kier alpha value is -0.750. The smallest absolute Gasteiger partial charge is 0.0407 e. The van der Waals surface area contributed by atoms with E-state index in [0.29, 0.717) is 5.88 Å². The van der Waals surface area contributed by atoms with E-state index in [4.69, 9.17) is 11.6 Å². The maximum absolute atomic E-state index is 5.72. The van der Waals surface area contributed by atoms with Gasteiger partial charge in [0.15, 0.2) is 0 Å². The predicted molar refractivity (Wildman–Crippen MR) is 83.6 cm³/mol. The van der Waals surface area contributed by atoms with Gasteiger partial charge in [-0.1, -0.05) is 71.9 Å². The molecule has 18 heavy (non-hydrogen) atoms. The topological polar surface area (TPSA) is 0 Å². The highest BCUT2D eigenvalue weighted by Crippen LogP contribution is 2.30. The minimum Gasteiger partial charge on any atom is -0.122 e. The summed E-state index contributed by atoms with van der Waals surface area (Å²) in [5.74, 6) is 0.560. The summed E-state index contributed by atoms with van der Waals surface area (Å²) in [7, 11) is 0. The second-order valence-electron chi connectivity index (χ2n) is 6.90. The van der Waals surface area contributed by atoms with E-state index in [2.05, 4.69) is 65.8 Å². The summed E-state index contributed by atoms with van der Waals surface area (Å²) in [6.07, 6.45) is 4.10. The van der Waals surface area contributed by atoms with Crippen molar-refractivity contribution in [1.82, 2.24) is 0 Å². The van der Waals surface area contributed by atoms with Crippen LogP contribution in [-0.4, -0.2) is 5.88 Å². The Bertz CT molecular complexity index is 396. The van der Waals surface area contributed by atoms with Gasteiger partial charge in [-0.25, -0.2) is 0 Å². The van der Waals surface area contributed by atoms with E-state index in [1.807, 2.05) is 6.08 Å². The minimum atomic E-state index is 0.171. The quantitative estimate of drug-likeness (QED) is 0.616. The number of rotatable bonds is 2. The molecule has 1 heteroatoms. The van der Waals surface area contributed by atoms with Crippen LogP contribution in [0.25, 0.3) is 6.08 Å². The van der Waals surface area contributed by atoms with Gasteiger partial charge in [-0.2, -0.15) is 0 Å². The highest BCUT2D eigenvalue weighted by Gasteiger charge is 2.19. The normalized spacial score (nSPS) is 13.3. The maximum Gasteiger partial charge on any atom is 0.0407 e. The molecule has 0 bridgehead atoms. The van der Waals surface area contributed by atoms with Crippen molar-refractivity contribution in [3.05, 3.63) is 41.0 Å². The zero-order chi connectivity index (χ0) is 14.0. The third kappa shape index (κ3) is 4.17. The van der Waals surface area contributed by atoms with Crippen LogP contribution < -0.4 is 0 Å². The van der Waals surface area contributed by atoms with Gasteiger partial charge >= 0.3 is 0 Å². The summed E-state index contributed by atoms with van der Waals surface area (Å²) in [5, 5.41) is 0. The monoisotopic (exact) mass is 264 g/mol. The molecule has 0 N–H and O–H groups in total. The molecule has 1 aromatic rings. The van der Waals surface area contributed by atoms with Crippen LogP contribution >= 0.6 is 11.6 Å². The van der Waals surface area contributed by atoms with E-state index in [1.165, 1.54) is 16.7 Å². The van der Waals surface area contributed by atoms with Gasteiger partial charge in [-0.3, -0.25) is 0 Å². The Morgan fingerprint density at radius 2 is 1.33 bits per heavy atom. The molecule has 100 valence electrons. The lowest BCUT2D eigenvalue weighted by Gasteiger charge is -2.25. The Balaban J connectivity index is 3.34. The van der Waals surface area contributed by atoms with Crippen molar-refractivity contribution in [1.29, 1.82) is 0 Å². The number of hydrogen-bond acceptors (Lipinski definition) is 0. The van der Waals surface area contributed by atoms with Crippen LogP contribution in [-0.2, 0) is 10.8 Å². The van der Waals surface area contributed by atoms with Gasteiger partial charge < -0.3 is 0 Å². The van der Waals surface area contributed by atoms with Crippen LogP contribution in [0, 0.1) is 0 Å². The Kier molecular flexibility index (Phi) is 4.66. The van der Waals surface area contributed by atoms with E-state index in [1.54, 1.807) is 0 Å². The van der Waals surface area contributed by atoms with Crippen molar-refractivity contribution < 1.29 is 0 Å². The second-order valence-corrected chi connectivity index (χ2v) is 7.21. The fourth-order valence-electron chi connectivity index (χ4n) is 1.79. The molecule has 1 rings (SSSR count). The summed E-state index contributed by atoms with van der Waals surface area (Å²) in [4.78, 5) is 0. The summed E-state index contributed by atoms with van der Waals surface area (Å²) in [6, 6.07) is 6.86. The molecule has 0 aliphatic heterocycles. The van der Waals surface area contributed by atoms with E-state index in [-0.39, 0.29) is 10.8 Å². The standard InChI is InChI=1S/C17H25Cl/c1-16(2,3)14-10-13(8-7-9-18)11-15(12-14)17(4,5)6/h7-8,10-12H,9H2,1-6H3. The van der Waals surface area contributed by atoms with Gasteiger partial charge in [-0.15, -0.1) is 11.6 Å². The van der Waals surface area contributed by atoms with Crippen molar-refractivity contribution in [3.63, 3.8) is 0 Å². The molecular weight excluding hydrogens is 240 g/mol. The summed E-state index contributed by atoms with van der Waals surface area (Å²) >= 11 is 5.72. The third-order valence-electron chi connectivity index (χ3n) is 3.09. The summed E-state index contributed by atoms with van der Waals surface area (Å²) < 4.78 is 0. The largest absolute Gasteiger partial charge is 0.122 e. The summed E-state index contributed by atoms with van der Waals surface area (Å²) in [6.45, 7) is 13.5. The van der Waals surface area contributed by atoms with Gasteiger partial charge in [0, 0.05) is 5.88 Å². The molecule has 0 saturated carbocycles. The van der Waals surface area contributed by atoms with E-state index >= 15 is 0 Å². The van der Waals surface area contributed by atoms with E-state index < -0.39 is 0 Å². The first-order valence-electron chi connectivity index (χ1n) is 6.53. The molecule has 0 fully saturated rings. The first-order chi connectivity index (χ1) is 8.14. The zero-order valence-electron chi connectivity index (χ0n) is 12.5. The van der Waals surface area contributed by atoms with Crippen molar-refractivity contribution in [2.45, 2.75) is 52.4 Å². The highest BCUT2D eigenvalue weighted by atomic mass is 35.5. The lowest BCUT2D eigenvalue weighted by molar-refractivity contribution is 0.568. The number of benzene rings is 1. The minimum absolute atomic E-state index is 0.171. The average Bonchev–Trinajstić information content (AvgIpc) is 2.23. The van der Waals surface area contributed by atoms with Crippen molar-refractivity contribution >= 4 is 17.7 Å². The fraction of sp³-hybridized carbons (Fsp3) is 0.529. The van der Waals surface area contributed by atoms with Crippen molar-refractivity contribution in [2.24, 2.45) is 0 Å². The molecule has 0 amide bonds. The van der Waals surface area contributed by atoms with Gasteiger partial charge in [0.25, 0.3) is 0 Å². The molecule has 0 atom stereocenters.